The minimum absolute atomic E-state index is 0.209. The molecule has 2 aromatic carbocycles. The highest BCUT2D eigenvalue weighted by atomic mass is 16.5. The summed E-state index contributed by atoms with van der Waals surface area (Å²) >= 11 is 0. The van der Waals surface area contributed by atoms with Gasteiger partial charge in [0.25, 0.3) is 5.56 Å². The summed E-state index contributed by atoms with van der Waals surface area (Å²) < 4.78 is 6.67. The Labute approximate surface area is 154 Å². The van der Waals surface area contributed by atoms with Crippen LogP contribution >= 0.6 is 0 Å². The molecule has 0 saturated carbocycles. The molecule has 0 saturated heterocycles. The lowest BCUT2D eigenvalue weighted by Gasteiger charge is -2.19. The first-order valence-electron chi connectivity index (χ1n) is 8.40. The summed E-state index contributed by atoms with van der Waals surface area (Å²) in [5, 5.41) is 4.57. The van der Waals surface area contributed by atoms with Gasteiger partial charge in [-0.2, -0.15) is 9.78 Å². The number of nitrogens with zero attached hydrogens (tertiary/aromatic N) is 3. The van der Waals surface area contributed by atoms with Gasteiger partial charge < -0.3 is 9.64 Å². The Kier molecular flexibility index (Phi) is 5.12. The van der Waals surface area contributed by atoms with Crippen LogP contribution < -0.4 is 20.7 Å². The number of ether oxygens (including phenoxy) is 1. The van der Waals surface area contributed by atoms with E-state index in [0.717, 1.165) is 11.3 Å². The van der Waals surface area contributed by atoms with Gasteiger partial charge in [0.05, 0.1) is 18.5 Å². The molecule has 0 fully saturated rings. The van der Waals surface area contributed by atoms with E-state index in [1.165, 1.54) is 4.68 Å². The average molecular weight is 345 g/mol. The predicted octanol–water partition coefficient (Wildman–Crippen LogP) is 2.16. The maximum absolute atomic E-state index is 13.0. The highest BCUT2D eigenvalue weighted by molar-refractivity contribution is 6.34. The number of rotatable bonds is 5. The Bertz CT molecular complexity index is 985. The van der Waals surface area contributed by atoms with Crippen LogP contribution in [0.3, 0.4) is 0 Å². The fourth-order valence-electron chi connectivity index (χ4n) is 2.69. The monoisotopic (exact) mass is 345 g/mol. The van der Waals surface area contributed by atoms with E-state index in [-0.39, 0.29) is 5.56 Å². The van der Waals surface area contributed by atoms with Gasteiger partial charge in [0.2, 0.25) is 0 Å². The van der Waals surface area contributed by atoms with Gasteiger partial charge in [0, 0.05) is 19.2 Å². The van der Waals surface area contributed by atoms with Crippen LogP contribution in [0.25, 0.3) is 16.9 Å². The Balaban J connectivity index is 2.27. The molecular formula is C20H20BN3O2. The second kappa shape index (κ2) is 7.48. The first-order valence-corrected chi connectivity index (χ1v) is 8.40. The SMILES string of the molecule is [B]c1ccccc1-n1nc(-c2cccc(OC)c2)cc(N(C)CC)c1=O. The van der Waals surface area contributed by atoms with Crippen LogP contribution in [-0.2, 0) is 0 Å². The number of hydrogen-bond donors (Lipinski definition) is 0. The molecule has 0 aliphatic carbocycles. The van der Waals surface area contributed by atoms with Crippen molar-refractivity contribution in [3.05, 3.63) is 65.0 Å². The molecule has 0 N–H and O–H groups in total. The second-order valence-corrected chi connectivity index (χ2v) is 5.94. The standard InChI is InChI=1S/C20H20BN3O2/c1-4-23(2)19-13-17(14-8-7-9-15(12-14)26-3)22-24(20(19)25)18-11-6-5-10-16(18)21/h5-13H,4H2,1-3H3. The Morgan fingerprint density at radius 2 is 1.92 bits per heavy atom. The van der Waals surface area contributed by atoms with Crippen LogP contribution in [0.5, 0.6) is 5.75 Å². The summed E-state index contributed by atoms with van der Waals surface area (Å²) in [5.41, 5.74) is 2.94. The quantitative estimate of drug-likeness (QED) is 0.665. The largest absolute Gasteiger partial charge is 0.497 e. The molecule has 3 aromatic rings. The van der Waals surface area contributed by atoms with Crippen LogP contribution in [0.2, 0.25) is 0 Å². The van der Waals surface area contributed by atoms with Crippen LogP contribution in [0.1, 0.15) is 6.92 Å². The van der Waals surface area contributed by atoms with Crippen LogP contribution in [0, 0.1) is 0 Å². The summed E-state index contributed by atoms with van der Waals surface area (Å²) in [6, 6.07) is 16.6. The van der Waals surface area contributed by atoms with Crippen molar-refractivity contribution >= 4 is 19.0 Å². The molecule has 0 bridgehead atoms. The van der Waals surface area contributed by atoms with Crippen LogP contribution in [0.15, 0.2) is 59.4 Å². The second-order valence-electron chi connectivity index (χ2n) is 5.94. The van der Waals surface area contributed by atoms with E-state index in [2.05, 4.69) is 5.10 Å². The molecule has 2 radical (unpaired) electrons. The van der Waals surface area contributed by atoms with E-state index in [4.69, 9.17) is 12.6 Å². The summed E-state index contributed by atoms with van der Waals surface area (Å²) in [5.74, 6) is 0.728. The minimum Gasteiger partial charge on any atom is -0.497 e. The number of methoxy groups -OCH3 is 1. The Hall–Kier alpha value is -3.02. The fraction of sp³-hybridized carbons (Fsp3) is 0.200. The predicted molar refractivity (Wildman–Crippen MR) is 106 cm³/mol. The lowest BCUT2D eigenvalue weighted by atomic mass is 9.94. The van der Waals surface area contributed by atoms with Crippen molar-refractivity contribution in [3.63, 3.8) is 0 Å². The van der Waals surface area contributed by atoms with Gasteiger partial charge in [-0.05, 0) is 31.2 Å². The van der Waals surface area contributed by atoms with E-state index < -0.39 is 0 Å². The van der Waals surface area contributed by atoms with E-state index in [0.29, 0.717) is 29.1 Å². The van der Waals surface area contributed by atoms with Crippen molar-refractivity contribution in [2.45, 2.75) is 6.92 Å². The summed E-state index contributed by atoms with van der Waals surface area (Å²) in [6.07, 6.45) is 0. The molecule has 0 amide bonds. The van der Waals surface area contributed by atoms with Gasteiger partial charge in [0.15, 0.2) is 0 Å². The van der Waals surface area contributed by atoms with Crippen molar-refractivity contribution in [3.8, 4) is 22.7 Å². The van der Waals surface area contributed by atoms with Gasteiger partial charge in [0.1, 0.15) is 19.3 Å². The van der Waals surface area contributed by atoms with Gasteiger partial charge in [-0.3, -0.25) is 4.79 Å². The molecule has 0 aliphatic rings. The van der Waals surface area contributed by atoms with Gasteiger partial charge >= 0.3 is 0 Å². The molecule has 26 heavy (non-hydrogen) atoms. The number of para-hydroxylation sites is 1. The first kappa shape index (κ1) is 17.8. The molecule has 0 spiro atoms. The maximum Gasteiger partial charge on any atom is 0.295 e. The zero-order valence-electron chi connectivity index (χ0n) is 15.1. The molecule has 130 valence electrons. The summed E-state index contributed by atoms with van der Waals surface area (Å²) in [7, 11) is 9.58. The molecule has 0 unspecified atom stereocenters. The van der Waals surface area contributed by atoms with Crippen molar-refractivity contribution in [2.75, 3.05) is 25.6 Å². The van der Waals surface area contributed by atoms with E-state index in [9.17, 15) is 4.79 Å². The molecular weight excluding hydrogens is 325 g/mol. The summed E-state index contributed by atoms with van der Waals surface area (Å²) in [4.78, 5) is 14.9. The van der Waals surface area contributed by atoms with E-state index in [1.54, 1.807) is 25.3 Å². The summed E-state index contributed by atoms with van der Waals surface area (Å²) in [6.45, 7) is 2.69. The number of benzene rings is 2. The van der Waals surface area contributed by atoms with Gasteiger partial charge in [-0.15, -0.1) is 0 Å². The number of hydrogen-bond acceptors (Lipinski definition) is 4. The minimum atomic E-state index is -0.209. The highest BCUT2D eigenvalue weighted by Gasteiger charge is 2.15. The lowest BCUT2D eigenvalue weighted by molar-refractivity contribution is 0.415. The Morgan fingerprint density at radius 3 is 2.62 bits per heavy atom. The average Bonchev–Trinajstić information content (AvgIpc) is 2.68. The van der Waals surface area contributed by atoms with Gasteiger partial charge in [-0.1, -0.05) is 35.8 Å². The van der Waals surface area contributed by atoms with Crippen molar-refractivity contribution in [1.82, 2.24) is 9.78 Å². The van der Waals surface area contributed by atoms with Crippen LogP contribution in [0.4, 0.5) is 5.69 Å². The van der Waals surface area contributed by atoms with Gasteiger partial charge in [-0.25, -0.2) is 0 Å². The molecule has 1 heterocycles. The third-order valence-electron chi connectivity index (χ3n) is 4.31. The zero-order chi connectivity index (χ0) is 18.7. The molecule has 0 atom stereocenters. The van der Waals surface area contributed by atoms with Crippen molar-refractivity contribution in [1.29, 1.82) is 0 Å². The highest BCUT2D eigenvalue weighted by Crippen LogP contribution is 2.24. The first-order chi connectivity index (χ1) is 12.5. The molecule has 0 aliphatic heterocycles. The third-order valence-corrected chi connectivity index (χ3v) is 4.31. The number of anilines is 1. The smallest absolute Gasteiger partial charge is 0.295 e. The van der Waals surface area contributed by atoms with E-state index >= 15 is 0 Å². The number of aromatic nitrogens is 2. The zero-order valence-corrected chi connectivity index (χ0v) is 15.1. The lowest BCUT2D eigenvalue weighted by Crippen LogP contribution is -2.32. The third kappa shape index (κ3) is 3.35. The topological polar surface area (TPSA) is 47.4 Å². The molecule has 6 heteroatoms. The van der Waals surface area contributed by atoms with Crippen molar-refractivity contribution < 1.29 is 4.74 Å². The van der Waals surface area contributed by atoms with E-state index in [1.807, 2.05) is 55.3 Å². The molecule has 1 aromatic heterocycles. The molecule has 5 nitrogen and oxygen atoms in total. The fourth-order valence-corrected chi connectivity index (χ4v) is 2.69. The molecule has 3 rings (SSSR count). The van der Waals surface area contributed by atoms with Crippen molar-refractivity contribution in [2.24, 2.45) is 0 Å². The normalized spacial score (nSPS) is 10.6. The Morgan fingerprint density at radius 1 is 1.15 bits per heavy atom. The maximum atomic E-state index is 13.0. The van der Waals surface area contributed by atoms with Crippen LogP contribution in [-0.4, -0.2) is 38.3 Å².